The van der Waals surface area contributed by atoms with Crippen molar-refractivity contribution in [3.8, 4) is 0 Å². The number of aromatic amines is 1. The predicted octanol–water partition coefficient (Wildman–Crippen LogP) is 2.43. The number of fused-ring (bicyclic) bond motifs is 1. The minimum absolute atomic E-state index is 0.366. The number of thioether (sulfide) groups is 1. The molecule has 0 aliphatic carbocycles. The molecule has 0 aliphatic rings. The Morgan fingerprint density at radius 1 is 1.39 bits per heavy atom. The van der Waals surface area contributed by atoms with Gasteiger partial charge in [0.05, 0.1) is 0 Å². The number of nitrogens with zero attached hydrogens (tertiary/aromatic N) is 3. The fourth-order valence-electron chi connectivity index (χ4n) is 1.92. The number of aromatic nitrogens is 4. The van der Waals surface area contributed by atoms with Crippen LogP contribution in [0, 0.1) is 0 Å². The number of nitrogens with one attached hydrogen (secondary N) is 2. The molecule has 11 heteroatoms. The second-order valence-corrected chi connectivity index (χ2v) is 6.61. The summed E-state index contributed by atoms with van der Waals surface area (Å²) in [6.07, 6.45) is 0. The number of pyridine rings is 1. The third-order valence-corrected chi connectivity index (χ3v) is 4.76. The highest BCUT2D eigenvalue weighted by Crippen LogP contribution is 2.32. The van der Waals surface area contributed by atoms with Crippen molar-refractivity contribution in [2.24, 2.45) is 0 Å². The van der Waals surface area contributed by atoms with E-state index in [-0.39, 0.29) is 0 Å². The standard InChI is InChI=1S/C12H11ClN6O2S2/c13-8-3-7(18-23(20)21)2-1-6(8)5-22-9-4-10(14)15-12-11(9)16-19-17-12/h1-4,18H,5H2,(H,20,21)(H3,14,15,16,17,19). The number of benzene rings is 1. The Morgan fingerprint density at radius 3 is 2.96 bits per heavy atom. The van der Waals surface area contributed by atoms with Crippen LogP contribution in [0.15, 0.2) is 29.2 Å². The quantitative estimate of drug-likeness (QED) is 0.400. The Morgan fingerprint density at radius 2 is 2.22 bits per heavy atom. The first kappa shape index (κ1) is 16.0. The largest absolute Gasteiger partial charge is 0.384 e. The van der Waals surface area contributed by atoms with Crippen molar-refractivity contribution in [3.05, 3.63) is 34.9 Å². The fraction of sp³-hybridized carbons (Fsp3) is 0.0833. The lowest BCUT2D eigenvalue weighted by Crippen LogP contribution is -2.01. The summed E-state index contributed by atoms with van der Waals surface area (Å²) in [4.78, 5) is 4.92. The van der Waals surface area contributed by atoms with Gasteiger partial charge >= 0.3 is 0 Å². The second kappa shape index (κ2) is 6.71. The number of rotatable bonds is 5. The van der Waals surface area contributed by atoms with E-state index in [1.54, 1.807) is 24.3 Å². The van der Waals surface area contributed by atoms with Crippen molar-refractivity contribution in [3.63, 3.8) is 0 Å². The van der Waals surface area contributed by atoms with Crippen LogP contribution in [0.2, 0.25) is 5.02 Å². The summed E-state index contributed by atoms with van der Waals surface area (Å²) < 4.78 is 21.9. The third-order valence-electron chi connectivity index (χ3n) is 2.92. The summed E-state index contributed by atoms with van der Waals surface area (Å²) in [7, 11) is 0. The van der Waals surface area contributed by atoms with E-state index in [0.717, 1.165) is 10.5 Å². The maximum Gasteiger partial charge on any atom is 0.259 e. The highest BCUT2D eigenvalue weighted by atomic mass is 35.5. The molecule has 0 fully saturated rings. The molecule has 0 saturated carbocycles. The van der Waals surface area contributed by atoms with Gasteiger partial charge in [-0.3, -0.25) is 9.27 Å². The smallest absolute Gasteiger partial charge is 0.259 e. The highest BCUT2D eigenvalue weighted by molar-refractivity contribution is 7.98. The van der Waals surface area contributed by atoms with E-state index in [9.17, 15) is 4.21 Å². The van der Waals surface area contributed by atoms with Gasteiger partial charge in [0.15, 0.2) is 0 Å². The molecule has 2 aromatic heterocycles. The fourth-order valence-corrected chi connectivity index (χ4v) is 3.62. The molecule has 0 radical (unpaired) electrons. The van der Waals surface area contributed by atoms with E-state index in [1.165, 1.54) is 11.8 Å². The molecular weight excluding hydrogens is 360 g/mol. The molecule has 1 atom stereocenters. The maximum absolute atomic E-state index is 10.7. The van der Waals surface area contributed by atoms with Crippen molar-refractivity contribution in [2.75, 3.05) is 10.5 Å². The van der Waals surface area contributed by atoms with E-state index < -0.39 is 11.3 Å². The lowest BCUT2D eigenvalue weighted by atomic mass is 10.2. The molecule has 1 unspecified atom stereocenters. The number of anilines is 2. The van der Waals surface area contributed by atoms with Gasteiger partial charge in [-0.25, -0.2) is 9.19 Å². The molecule has 0 saturated heterocycles. The van der Waals surface area contributed by atoms with Crippen molar-refractivity contribution < 1.29 is 8.76 Å². The Hall–Kier alpha value is -1.88. The molecule has 23 heavy (non-hydrogen) atoms. The molecule has 5 N–H and O–H groups in total. The summed E-state index contributed by atoms with van der Waals surface area (Å²) in [5, 5.41) is 11.0. The van der Waals surface area contributed by atoms with E-state index in [4.69, 9.17) is 21.9 Å². The average Bonchev–Trinajstić information content (AvgIpc) is 2.93. The van der Waals surface area contributed by atoms with E-state index in [0.29, 0.717) is 33.4 Å². The topological polar surface area (TPSA) is 130 Å². The van der Waals surface area contributed by atoms with Crippen LogP contribution in [0.25, 0.3) is 11.2 Å². The molecule has 3 aromatic rings. The van der Waals surface area contributed by atoms with Crippen LogP contribution in [0.3, 0.4) is 0 Å². The van der Waals surface area contributed by atoms with Crippen molar-refractivity contribution in [2.45, 2.75) is 10.6 Å². The molecule has 120 valence electrons. The zero-order valence-electron chi connectivity index (χ0n) is 11.5. The Kier molecular flexibility index (Phi) is 4.66. The average molecular weight is 371 g/mol. The third kappa shape index (κ3) is 3.72. The van der Waals surface area contributed by atoms with Crippen LogP contribution in [-0.2, 0) is 17.0 Å². The molecule has 0 bridgehead atoms. The number of hydrogen-bond donors (Lipinski definition) is 4. The summed E-state index contributed by atoms with van der Waals surface area (Å²) >= 11 is 5.57. The van der Waals surface area contributed by atoms with E-state index in [2.05, 4.69) is 25.1 Å². The zero-order valence-corrected chi connectivity index (χ0v) is 13.9. The SMILES string of the molecule is Nc1cc(SCc2ccc(NS(=O)O)cc2Cl)c2n[nH]nc2n1. The van der Waals surface area contributed by atoms with Crippen LogP contribution in [0.5, 0.6) is 0 Å². The number of H-pyrrole nitrogens is 1. The van der Waals surface area contributed by atoms with Gasteiger partial charge in [-0.15, -0.1) is 16.9 Å². The van der Waals surface area contributed by atoms with Gasteiger partial charge in [-0.2, -0.15) is 10.3 Å². The first-order valence-electron chi connectivity index (χ1n) is 6.28. The van der Waals surface area contributed by atoms with Crippen LogP contribution < -0.4 is 10.5 Å². The number of hydrogen-bond acceptors (Lipinski definition) is 6. The van der Waals surface area contributed by atoms with Gasteiger partial charge in [0.1, 0.15) is 11.3 Å². The van der Waals surface area contributed by atoms with Crippen LogP contribution in [-0.4, -0.2) is 29.2 Å². The number of nitrogens with two attached hydrogens (primary N) is 1. The summed E-state index contributed by atoms with van der Waals surface area (Å²) in [6.45, 7) is 0. The van der Waals surface area contributed by atoms with Gasteiger partial charge in [0.2, 0.25) is 5.65 Å². The van der Waals surface area contributed by atoms with Gasteiger partial charge in [0, 0.05) is 21.4 Å². The molecule has 0 amide bonds. The normalized spacial score (nSPS) is 12.4. The zero-order chi connectivity index (χ0) is 16.4. The molecule has 0 spiro atoms. The number of nitrogen functional groups attached to an aromatic ring is 1. The number of halogens is 1. The lowest BCUT2D eigenvalue weighted by molar-refractivity contribution is 0.570. The van der Waals surface area contributed by atoms with Crippen molar-refractivity contribution >= 4 is 57.3 Å². The molecular formula is C12H11ClN6O2S2. The summed E-state index contributed by atoms with van der Waals surface area (Å²) in [5.74, 6) is 0.942. The predicted molar refractivity (Wildman–Crippen MR) is 91.5 cm³/mol. The Balaban J connectivity index is 1.79. The van der Waals surface area contributed by atoms with Crippen molar-refractivity contribution in [1.82, 2.24) is 20.4 Å². The van der Waals surface area contributed by atoms with Crippen LogP contribution >= 0.6 is 23.4 Å². The van der Waals surface area contributed by atoms with Crippen molar-refractivity contribution in [1.29, 1.82) is 0 Å². The maximum atomic E-state index is 10.7. The first-order chi connectivity index (χ1) is 11.0. The molecule has 2 heterocycles. The highest BCUT2D eigenvalue weighted by Gasteiger charge is 2.10. The van der Waals surface area contributed by atoms with Gasteiger partial charge < -0.3 is 5.73 Å². The summed E-state index contributed by atoms with van der Waals surface area (Å²) in [6, 6.07) is 6.80. The first-order valence-corrected chi connectivity index (χ1v) is 8.75. The molecule has 3 rings (SSSR count). The second-order valence-electron chi connectivity index (χ2n) is 4.49. The minimum Gasteiger partial charge on any atom is -0.384 e. The van der Waals surface area contributed by atoms with E-state index in [1.807, 2.05) is 0 Å². The van der Waals surface area contributed by atoms with Gasteiger partial charge in [-0.1, -0.05) is 17.7 Å². The van der Waals surface area contributed by atoms with Gasteiger partial charge in [-0.05, 0) is 23.8 Å². The lowest BCUT2D eigenvalue weighted by Gasteiger charge is -2.08. The molecule has 8 nitrogen and oxygen atoms in total. The van der Waals surface area contributed by atoms with E-state index >= 15 is 0 Å². The Bertz CT molecular complexity index is 887. The van der Waals surface area contributed by atoms with Crippen LogP contribution in [0.1, 0.15) is 5.56 Å². The molecule has 1 aromatic carbocycles. The monoisotopic (exact) mass is 370 g/mol. The van der Waals surface area contributed by atoms with Crippen LogP contribution in [0.4, 0.5) is 11.5 Å². The van der Waals surface area contributed by atoms with Gasteiger partial charge in [0.25, 0.3) is 11.3 Å². The Labute approximate surface area is 142 Å². The minimum atomic E-state index is -2.13. The summed E-state index contributed by atoms with van der Waals surface area (Å²) in [5.41, 5.74) is 8.21. The molecule has 0 aliphatic heterocycles.